The molecular weight excluding hydrogens is 422 g/mol. The van der Waals surface area contributed by atoms with Gasteiger partial charge in [0.1, 0.15) is 29.5 Å². The van der Waals surface area contributed by atoms with Crippen molar-refractivity contribution in [2.24, 2.45) is 0 Å². The molecule has 1 N–H and O–H groups in total. The van der Waals surface area contributed by atoms with Crippen molar-refractivity contribution in [1.82, 2.24) is 14.2 Å². The molecule has 0 spiro atoms. The number of benzene rings is 1. The number of carbonyl (C=O) groups excluding carboxylic acids is 1. The second-order valence-corrected chi connectivity index (χ2v) is 8.53. The Hall–Kier alpha value is -2.78. The van der Waals surface area contributed by atoms with Crippen LogP contribution in [0.3, 0.4) is 0 Å². The maximum Gasteiger partial charge on any atom is 0.291 e. The van der Waals surface area contributed by atoms with Crippen LogP contribution in [-0.2, 0) is 11.3 Å². The van der Waals surface area contributed by atoms with E-state index >= 15 is 0 Å². The highest BCUT2D eigenvalue weighted by Gasteiger charge is 2.19. The molecule has 0 saturated heterocycles. The lowest BCUT2D eigenvalue weighted by Crippen LogP contribution is -2.32. The van der Waals surface area contributed by atoms with Gasteiger partial charge < -0.3 is 5.32 Å². The minimum absolute atomic E-state index is 0.0452. The summed E-state index contributed by atoms with van der Waals surface area (Å²) in [4.78, 5) is 25.3. The van der Waals surface area contributed by atoms with Crippen LogP contribution < -0.4 is 10.9 Å². The fourth-order valence-corrected chi connectivity index (χ4v) is 4.27. The number of carbonyl (C=O) groups is 1. The molecule has 3 aromatic heterocycles. The summed E-state index contributed by atoms with van der Waals surface area (Å²) in [6.07, 6.45) is 0. The number of hydrogen-bond acceptors (Lipinski definition) is 4. The van der Waals surface area contributed by atoms with Crippen molar-refractivity contribution in [3.8, 4) is 0 Å². The van der Waals surface area contributed by atoms with E-state index < -0.39 is 29.6 Å². The first-order valence-corrected chi connectivity index (χ1v) is 9.90. The highest BCUT2D eigenvalue weighted by molar-refractivity contribution is 7.22. The standard InChI is InChI=1S/C19H15ClF2N4O2S/c1-9(2)18-24-25(8-17(27)23-12-4-3-10(21)5-11(12)22)19(28)14-6-15-13(26(14)18)7-16(20)29-15/h3-7,9H,8H2,1-2H3,(H,23,27). The van der Waals surface area contributed by atoms with Gasteiger partial charge in [0.2, 0.25) is 5.91 Å². The molecule has 4 aromatic rings. The zero-order valence-electron chi connectivity index (χ0n) is 15.4. The van der Waals surface area contributed by atoms with Gasteiger partial charge in [0, 0.05) is 12.0 Å². The number of nitrogens with one attached hydrogen (secondary N) is 1. The van der Waals surface area contributed by atoms with Crippen molar-refractivity contribution in [2.45, 2.75) is 26.3 Å². The molecule has 0 radical (unpaired) electrons. The SMILES string of the molecule is CC(C)c1nn(CC(=O)Nc2ccc(F)cc2F)c(=O)c2cc3sc(Cl)cc3n12. The highest BCUT2D eigenvalue weighted by Crippen LogP contribution is 2.32. The average Bonchev–Trinajstić information content (AvgIpc) is 3.16. The Morgan fingerprint density at radius 2 is 2.00 bits per heavy atom. The van der Waals surface area contributed by atoms with E-state index in [-0.39, 0.29) is 11.6 Å². The van der Waals surface area contributed by atoms with E-state index in [0.29, 0.717) is 21.7 Å². The molecule has 1 amide bonds. The summed E-state index contributed by atoms with van der Waals surface area (Å²) in [6.45, 7) is 3.43. The number of aromatic nitrogens is 3. The number of anilines is 1. The molecule has 0 fully saturated rings. The van der Waals surface area contributed by atoms with E-state index in [1.165, 1.54) is 11.3 Å². The van der Waals surface area contributed by atoms with Crippen LogP contribution in [-0.4, -0.2) is 20.1 Å². The quantitative estimate of drug-likeness (QED) is 0.515. The summed E-state index contributed by atoms with van der Waals surface area (Å²) in [7, 11) is 0. The van der Waals surface area contributed by atoms with Crippen molar-refractivity contribution in [3.63, 3.8) is 0 Å². The van der Waals surface area contributed by atoms with Crippen molar-refractivity contribution >= 4 is 50.3 Å². The Labute approximate surface area is 172 Å². The second-order valence-electron chi connectivity index (χ2n) is 6.81. The molecule has 29 heavy (non-hydrogen) atoms. The zero-order chi connectivity index (χ0) is 20.9. The first-order valence-electron chi connectivity index (χ1n) is 8.71. The van der Waals surface area contributed by atoms with Crippen LogP contribution in [0, 0.1) is 11.6 Å². The molecule has 6 nitrogen and oxygen atoms in total. The molecule has 1 aromatic carbocycles. The van der Waals surface area contributed by atoms with Crippen LogP contribution in [0.4, 0.5) is 14.5 Å². The predicted molar refractivity (Wildman–Crippen MR) is 109 cm³/mol. The molecule has 0 bridgehead atoms. The van der Waals surface area contributed by atoms with Gasteiger partial charge in [-0.1, -0.05) is 25.4 Å². The Morgan fingerprint density at radius 3 is 2.69 bits per heavy atom. The maximum atomic E-state index is 13.8. The Balaban J connectivity index is 1.74. The number of rotatable bonds is 4. The van der Waals surface area contributed by atoms with Crippen LogP contribution in [0.15, 0.2) is 35.1 Å². The maximum absolute atomic E-state index is 13.8. The first kappa shape index (κ1) is 19.5. The van der Waals surface area contributed by atoms with Gasteiger partial charge >= 0.3 is 0 Å². The lowest BCUT2D eigenvalue weighted by molar-refractivity contribution is -0.117. The summed E-state index contributed by atoms with van der Waals surface area (Å²) in [5, 5.41) is 6.70. The molecule has 3 heterocycles. The third kappa shape index (κ3) is 3.51. The number of amides is 1. The summed E-state index contributed by atoms with van der Waals surface area (Å²) in [5.41, 5.74) is 0.534. The summed E-state index contributed by atoms with van der Waals surface area (Å²) in [6, 6.07) is 6.31. The van der Waals surface area contributed by atoms with Gasteiger partial charge in [0.25, 0.3) is 5.56 Å². The molecule has 0 atom stereocenters. The largest absolute Gasteiger partial charge is 0.322 e. The normalized spacial score (nSPS) is 11.7. The molecule has 4 rings (SSSR count). The molecule has 0 aliphatic rings. The number of hydrogen-bond donors (Lipinski definition) is 1. The van der Waals surface area contributed by atoms with Gasteiger partial charge in [-0.25, -0.2) is 13.5 Å². The van der Waals surface area contributed by atoms with Crippen LogP contribution in [0.5, 0.6) is 0 Å². The van der Waals surface area contributed by atoms with Crippen LogP contribution >= 0.6 is 22.9 Å². The van der Waals surface area contributed by atoms with E-state index in [4.69, 9.17) is 11.6 Å². The van der Waals surface area contributed by atoms with Gasteiger partial charge in [-0.15, -0.1) is 11.3 Å². The third-order valence-corrected chi connectivity index (χ3v) is 5.58. The van der Waals surface area contributed by atoms with Crippen LogP contribution in [0.1, 0.15) is 25.6 Å². The first-order chi connectivity index (χ1) is 13.7. The lowest BCUT2D eigenvalue weighted by Gasteiger charge is -2.13. The minimum Gasteiger partial charge on any atom is -0.322 e. The van der Waals surface area contributed by atoms with Gasteiger partial charge in [-0.3, -0.25) is 14.0 Å². The molecule has 0 unspecified atom stereocenters. The molecular formula is C19H15ClF2N4O2S. The fourth-order valence-electron chi connectivity index (χ4n) is 3.11. The third-order valence-electron chi connectivity index (χ3n) is 4.38. The summed E-state index contributed by atoms with van der Waals surface area (Å²) < 4.78 is 31.0. The monoisotopic (exact) mass is 436 g/mol. The smallest absolute Gasteiger partial charge is 0.291 e. The Bertz CT molecular complexity index is 1330. The van der Waals surface area contributed by atoms with Crippen molar-refractivity contribution in [1.29, 1.82) is 0 Å². The van der Waals surface area contributed by atoms with Crippen LogP contribution in [0.2, 0.25) is 4.34 Å². The van der Waals surface area contributed by atoms with E-state index in [2.05, 4.69) is 10.4 Å². The number of thiophene rings is 1. The van der Waals surface area contributed by atoms with E-state index in [1.807, 2.05) is 13.8 Å². The Kier molecular flexibility index (Phi) is 4.87. The van der Waals surface area contributed by atoms with E-state index in [9.17, 15) is 18.4 Å². The van der Waals surface area contributed by atoms with Gasteiger partial charge in [-0.2, -0.15) is 5.10 Å². The van der Waals surface area contributed by atoms with Gasteiger partial charge in [0.15, 0.2) is 0 Å². The van der Waals surface area contributed by atoms with Crippen LogP contribution in [0.25, 0.3) is 15.7 Å². The highest BCUT2D eigenvalue weighted by atomic mass is 35.5. The summed E-state index contributed by atoms with van der Waals surface area (Å²) >= 11 is 7.44. The van der Waals surface area contributed by atoms with Gasteiger partial charge in [-0.05, 0) is 24.3 Å². The molecule has 0 saturated carbocycles. The average molecular weight is 437 g/mol. The zero-order valence-corrected chi connectivity index (χ0v) is 16.9. The molecule has 0 aliphatic carbocycles. The topological polar surface area (TPSA) is 68.4 Å². The number of halogens is 3. The molecule has 10 heteroatoms. The fraction of sp³-hybridized carbons (Fsp3) is 0.211. The van der Waals surface area contributed by atoms with Gasteiger partial charge in [0.05, 0.1) is 20.2 Å². The minimum atomic E-state index is -0.902. The van der Waals surface area contributed by atoms with Crippen molar-refractivity contribution in [2.75, 3.05) is 5.32 Å². The molecule has 150 valence electrons. The number of nitrogens with zero attached hydrogens (tertiary/aromatic N) is 3. The number of fused-ring (bicyclic) bond motifs is 3. The van der Waals surface area contributed by atoms with E-state index in [1.54, 1.807) is 16.5 Å². The van der Waals surface area contributed by atoms with Crippen molar-refractivity contribution in [3.05, 3.63) is 62.5 Å². The second kappa shape index (κ2) is 7.23. The molecule has 0 aliphatic heterocycles. The van der Waals surface area contributed by atoms with E-state index in [0.717, 1.165) is 27.0 Å². The Morgan fingerprint density at radius 1 is 1.24 bits per heavy atom. The van der Waals surface area contributed by atoms with Crippen molar-refractivity contribution < 1.29 is 13.6 Å². The summed E-state index contributed by atoms with van der Waals surface area (Å²) in [5.74, 6) is -1.76. The predicted octanol–water partition coefficient (Wildman–Crippen LogP) is 4.40. The lowest BCUT2D eigenvalue weighted by atomic mass is 10.2.